The van der Waals surface area contributed by atoms with Crippen LogP contribution in [-0.2, 0) is 20.9 Å². The summed E-state index contributed by atoms with van der Waals surface area (Å²) in [6.07, 6.45) is -0.469. The predicted octanol–water partition coefficient (Wildman–Crippen LogP) is 3.21. The van der Waals surface area contributed by atoms with E-state index in [1.165, 1.54) is 7.11 Å². The molecule has 0 spiro atoms. The third-order valence-corrected chi connectivity index (χ3v) is 5.62. The number of esters is 1. The molecule has 1 aliphatic rings. The summed E-state index contributed by atoms with van der Waals surface area (Å²) in [4.78, 5) is 27.4. The average Bonchev–Trinajstić information content (AvgIpc) is 3.00. The summed E-state index contributed by atoms with van der Waals surface area (Å²) in [6, 6.07) is 14.0. The Balaban J connectivity index is 1.93. The van der Waals surface area contributed by atoms with E-state index in [1.807, 2.05) is 49.4 Å². The molecular weight excluding hydrogens is 396 g/mol. The third kappa shape index (κ3) is 4.56. The van der Waals surface area contributed by atoms with Crippen LogP contribution in [0.2, 0.25) is 0 Å². The summed E-state index contributed by atoms with van der Waals surface area (Å²) in [7, 11) is 4.51. The van der Waals surface area contributed by atoms with Crippen molar-refractivity contribution in [3.63, 3.8) is 0 Å². The highest BCUT2D eigenvalue weighted by Gasteiger charge is 2.38. The monoisotopic (exact) mass is 424 g/mol. The Hall–Kier alpha value is -3.32. The zero-order chi connectivity index (χ0) is 22.5. The molecule has 3 rings (SSSR count). The Morgan fingerprint density at radius 3 is 2.32 bits per heavy atom. The summed E-state index contributed by atoms with van der Waals surface area (Å²) >= 11 is 0. The Kier molecular flexibility index (Phi) is 6.97. The van der Waals surface area contributed by atoms with Crippen LogP contribution in [0.5, 0.6) is 11.5 Å². The average molecular weight is 424 g/mol. The topological polar surface area (TPSA) is 77.1 Å². The number of hydrogen-bond acceptors (Lipinski definition) is 6. The van der Waals surface area contributed by atoms with Crippen molar-refractivity contribution in [3.8, 4) is 11.5 Å². The number of rotatable bonds is 8. The maximum atomic E-state index is 13.0. The van der Waals surface area contributed by atoms with Gasteiger partial charge >= 0.3 is 5.97 Å². The lowest BCUT2D eigenvalue weighted by Gasteiger charge is -2.31. The van der Waals surface area contributed by atoms with Crippen LogP contribution in [-0.4, -0.2) is 44.3 Å². The van der Waals surface area contributed by atoms with Gasteiger partial charge in [-0.3, -0.25) is 10.1 Å². The van der Waals surface area contributed by atoms with Gasteiger partial charge in [0.25, 0.3) is 5.91 Å². The van der Waals surface area contributed by atoms with E-state index in [2.05, 4.69) is 5.32 Å². The number of amides is 1. The molecule has 164 valence electrons. The molecule has 7 heteroatoms. The number of ether oxygens (including phenoxy) is 3. The van der Waals surface area contributed by atoms with Gasteiger partial charge in [0.2, 0.25) is 0 Å². The largest absolute Gasteiger partial charge is 0.497 e. The van der Waals surface area contributed by atoms with E-state index in [-0.39, 0.29) is 5.91 Å². The highest BCUT2D eigenvalue weighted by molar-refractivity contribution is 5.97. The second-order valence-corrected chi connectivity index (χ2v) is 7.36. The SMILES string of the molecule is COC(=O)[C@H](N[C@H]1C(C)=C(C)C(=O)N1Cc1ccc(OC)cc1)c1ccccc1OC. The molecule has 7 nitrogen and oxygen atoms in total. The molecule has 1 aliphatic heterocycles. The summed E-state index contributed by atoms with van der Waals surface area (Å²) in [5.74, 6) is 0.779. The van der Waals surface area contributed by atoms with Crippen LogP contribution < -0.4 is 14.8 Å². The molecule has 2 atom stereocenters. The first-order valence-electron chi connectivity index (χ1n) is 9.99. The molecule has 31 heavy (non-hydrogen) atoms. The quantitative estimate of drug-likeness (QED) is 0.656. The van der Waals surface area contributed by atoms with Gasteiger partial charge in [0.15, 0.2) is 0 Å². The van der Waals surface area contributed by atoms with Gasteiger partial charge in [-0.2, -0.15) is 0 Å². The second kappa shape index (κ2) is 9.66. The van der Waals surface area contributed by atoms with Crippen LogP contribution in [0.25, 0.3) is 0 Å². The molecule has 0 aliphatic carbocycles. The lowest BCUT2D eigenvalue weighted by Crippen LogP contribution is -2.48. The summed E-state index contributed by atoms with van der Waals surface area (Å²) in [5.41, 5.74) is 3.12. The third-order valence-electron chi connectivity index (χ3n) is 5.62. The molecule has 1 heterocycles. The zero-order valence-electron chi connectivity index (χ0n) is 18.5. The van der Waals surface area contributed by atoms with Gasteiger partial charge < -0.3 is 19.1 Å². The van der Waals surface area contributed by atoms with E-state index in [0.29, 0.717) is 23.4 Å². The molecule has 1 amide bonds. The van der Waals surface area contributed by atoms with Crippen LogP contribution in [0.4, 0.5) is 0 Å². The van der Waals surface area contributed by atoms with Gasteiger partial charge in [-0.05, 0) is 43.2 Å². The van der Waals surface area contributed by atoms with Crippen molar-refractivity contribution < 1.29 is 23.8 Å². The summed E-state index contributed by atoms with van der Waals surface area (Å²) < 4.78 is 15.7. The van der Waals surface area contributed by atoms with E-state index < -0.39 is 18.2 Å². The molecule has 0 unspecified atom stereocenters. The van der Waals surface area contributed by atoms with Crippen LogP contribution in [0, 0.1) is 0 Å². The van der Waals surface area contributed by atoms with E-state index in [4.69, 9.17) is 14.2 Å². The van der Waals surface area contributed by atoms with Crippen molar-refractivity contribution in [2.45, 2.75) is 32.6 Å². The molecule has 0 fully saturated rings. The fourth-order valence-corrected chi connectivity index (χ4v) is 3.71. The predicted molar refractivity (Wildman–Crippen MR) is 117 cm³/mol. The molecule has 1 N–H and O–H groups in total. The smallest absolute Gasteiger partial charge is 0.327 e. The molecular formula is C24H28N2O5. The van der Waals surface area contributed by atoms with Gasteiger partial charge in [-0.15, -0.1) is 0 Å². The Bertz CT molecular complexity index is 984. The highest BCUT2D eigenvalue weighted by Crippen LogP contribution is 2.31. The lowest BCUT2D eigenvalue weighted by atomic mass is 10.0. The molecule has 2 aromatic rings. The first-order chi connectivity index (χ1) is 14.9. The lowest BCUT2D eigenvalue weighted by molar-refractivity contribution is -0.144. The Morgan fingerprint density at radius 2 is 1.71 bits per heavy atom. The minimum atomic E-state index is -0.807. The number of hydrogen-bond donors (Lipinski definition) is 1. The molecule has 0 bridgehead atoms. The van der Waals surface area contributed by atoms with E-state index in [0.717, 1.165) is 16.9 Å². The normalized spacial score (nSPS) is 17.0. The van der Waals surface area contributed by atoms with Crippen LogP contribution in [0.15, 0.2) is 59.7 Å². The van der Waals surface area contributed by atoms with Gasteiger partial charge in [-0.1, -0.05) is 30.3 Å². The second-order valence-electron chi connectivity index (χ2n) is 7.36. The highest BCUT2D eigenvalue weighted by atomic mass is 16.5. The van der Waals surface area contributed by atoms with Crippen molar-refractivity contribution in [2.24, 2.45) is 0 Å². The van der Waals surface area contributed by atoms with Gasteiger partial charge in [0.1, 0.15) is 23.7 Å². The molecule has 0 saturated heterocycles. The van der Waals surface area contributed by atoms with Crippen LogP contribution in [0.1, 0.15) is 31.0 Å². The summed E-state index contributed by atoms with van der Waals surface area (Å²) in [5, 5.41) is 3.33. The van der Waals surface area contributed by atoms with Crippen LogP contribution in [0.3, 0.4) is 0 Å². The summed E-state index contributed by atoms with van der Waals surface area (Å²) in [6.45, 7) is 4.08. The number of nitrogens with zero attached hydrogens (tertiary/aromatic N) is 1. The maximum absolute atomic E-state index is 13.0. The maximum Gasteiger partial charge on any atom is 0.327 e. The van der Waals surface area contributed by atoms with E-state index in [9.17, 15) is 9.59 Å². The molecule has 0 aromatic heterocycles. The minimum Gasteiger partial charge on any atom is -0.497 e. The fourth-order valence-electron chi connectivity index (χ4n) is 3.71. The van der Waals surface area contributed by atoms with Crippen molar-refractivity contribution in [1.29, 1.82) is 0 Å². The Morgan fingerprint density at radius 1 is 1.03 bits per heavy atom. The Labute approximate surface area is 182 Å². The number of carbonyl (C=O) groups excluding carboxylic acids is 2. The minimum absolute atomic E-state index is 0.0746. The van der Waals surface area contributed by atoms with Crippen molar-refractivity contribution >= 4 is 11.9 Å². The van der Waals surface area contributed by atoms with Gasteiger partial charge in [0, 0.05) is 17.7 Å². The fraction of sp³-hybridized carbons (Fsp3) is 0.333. The number of para-hydroxylation sites is 1. The van der Waals surface area contributed by atoms with Crippen molar-refractivity contribution in [3.05, 3.63) is 70.8 Å². The number of carbonyl (C=O) groups is 2. The van der Waals surface area contributed by atoms with Gasteiger partial charge in [-0.25, -0.2) is 4.79 Å². The number of nitrogens with one attached hydrogen (secondary N) is 1. The molecule has 0 radical (unpaired) electrons. The standard InChI is InChI=1S/C24H28N2O5/c1-15-16(2)23(27)26(14-17-10-12-18(29-3)13-11-17)22(15)25-21(24(28)31-5)19-8-6-7-9-20(19)30-4/h6-13,21-22,25H,14H2,1-5H3/t21-,22-/m1/s1. The van der Waals surface area contributed by atoms with Gasteiger partial charge in [0.05, 0.1) is 21.3 Å². The van der Waals surface area contributed by atoms with E-state index in [1.54, 1.807) is 32.1 Å². The number of methoxy groups -OCH3 is 3. The first-order valence-corrected chi connectivity index (χ1v) is 9.99. The zero-order valence-corrected chi connectivity index (χ0v) is 18.5. The first kappa shape index (κ1) is 22.4. The van der Waals surface area contributed by atoms with Crippen molar-refractivity contribution in [2.75, 3.05) is 21.3 Å². The number of benzene rings is 2. The molecule has 2 aromatic carbocycles. The van der Waals surface area contributed by atoms with Crippen LogP contribution >= 0.6 is 0 Å². The molecule has 0 saturated carbocycles. The van der Waals surface area contributed by atoms with Crippen molar-refractivity contribution in [1.82, 2.24) is 10.2 Å². The van der Waals surface area contributed by atoms with E-state index >= 15 is 0 Å².